The Morgan fingerprint density at radius 3 is 1.00 bits per heavy atom. The van der Waals surface area contributed by atoms with E-state index < -0.39 is 12.1 Å². The molecule has 0 aliphatic carbocycles. The highest BCUT2D eigenvalue weighted by atomic mass is 16.5. The smallest absolute Gasteiger partial charge is 0.305 e. The third kappa shape index (κ3) is 57.7. The largest absolute Gasteiger partial charge is 0.466 e. The first-order valence-corrected chi connectivity index (χ1v) is 32.4. The Morgan fingerprint density at radius 2 is 0.662 bits per heavy atom. The number of amides is 1. The molecule has 0 spiro atoms. The van der Waals surface area contributed by atoms with Crippen molar-refractivity contribution in [1.82, 2.24) is 5.32 Å². The van der Waals surface area contributed by atoms with Gasteiger partial charge in [-0.15, -0.1) is 0 Å². The van der Waals surface area contributed by atoms with Gasteiger partial charge in [0.2, 0.25) is 5.91 Å². The number of carbonyl (C=O) groups is 2. The van der Waals surface area contributed by atoms with Crippen LogP contribution in [0, 0.1) is 0 Å². The number of nitrogens with one attached hydrogen (secondary N) is 1. The van der Waals surface area contributed by atoms with E-state index in [0.29, 0.717) is 25.9 Å². The topological polar surface area (TPSA) is 95.9 Å². The zero-order chi connectivity index (χ0) is 51.4. The molecule has 0 radical (unpaired) electrons. The van der Waals surface area contributed by atoms with Crippen LogP contribution in [0.25, 0.3) is 0 Å². The highest BCUT2D eigenvalue weighted by Gasteiger charge is 2.20. The van der Waals surface area contributed by atoms with Crippen molar-refractivity contribution in [3.05, 3.63) is 12.2 Å². The molecule has 6 nitrogen and oxygen atoms in total. The molecule has 2 unspecified atom stereocenters. The molecule has 0 aromatic carbocycles. The van der Waals surface area contributed by atoms with Gasteiger partial charge in [0.05, 0.1) is 25.4 Å². The SMILES string of the molecule is CCCCCCCCCCCCCCCCCCCCCCCCCCC(O)C(CO)NC(=O)CCCCCCCCC/C=C\CCCCCCCCOC(=O)CCCCCCCCCCCCCCC. The average molecular weight is 1000 g/mol. The molecule has 0 aromatic rings. The summed E-state index contributed by atoms with van der Waals surface area (Å²) in [5.41, 5.74) is 0. The lowest BCUT2D eigenvalue weighted by atomic mass is 10.0. The summed E-state index contributed by atoms with van der Waals surface area (Å²) in [4.78, 5) is 24.6. The van der Waals surface area contributed by atoms with Crippen molar-refractivity contribution < 1.29 is 24.5 Å². The first kappa shape index (κ1) is 69.6. The second-order valence-corrected chi connectivity index (χ2v) is 22.5. The first-order chi connectivity index (χ1) is 35.0. The standard InChI is InChI=1S/C65H127NO5/c1-3-5-7-9-11-13-15-17-18-19-20-21-22-23-24-25-27-30-34-37-41-45-49-53-57-63(68)62(61-67)66-64(69)58-54-50-46-42-38-35-31-28-26-29-32-36-40-44-48-52-56-60-71-65(70)59-55-51-47-43-39-33-16-14-12-10-8-6-4-2/h26,29,62-63,67-68H,3-25,27-28,30-61H2,1-2H3,(H,66,69)/b29-26-. The van der Waals surface area contributed by atoms with Gasteiger partial charge in [-0.1, -0.05) is 315 Å². The molecule has 0 saturated carbocycles. The Balaban J connectivity index is 3.44. The molecule has 0 rings (SSSR count). The van der Waals surface area contributed by atoms with Gasteiger partial charge in [0.25, 0.3) is 0 Å². The monoisotopic (exact) mass is 1000 g/mol. The molecule has 6 heteroatoms. The van der Waals surface area contributed by atoms with E-state index in [2.05, 4.69) is 31.3 Å². The van der Waals surface area contributed by atoms with Crippen LogP contribution in [0.5, 0.6) is 0 Å². The lowest BCUT2D eigenvalue weighted by Crippen LogP contribution is -2.45. The van der Waals surface area contributed by atoms with Crippen LogP contribution < -0.4 is 5.32 Å². The first-order valence-electron chi connectivity index (χ1n) is 32.4. The second-order valence-electron chi connectivity index (χ2n) is 22.5. The molecule has 0 saturated heterocycles. The zero-order valence-corrected chi connectivity index (χ0v) is 48.2. The molecule has 71 heavy (non-hydrogen) atoms. The van der Waals surface area contributed by atoms with Gasteiger partial charge in [0.15, 0.2) is 0 Å². The van der Waals surface area contributed by atoms with E-state index in [0.717, 1.165) is 51.4 Å². The lowest BCUT2D eigenvalue weighted by Gasteiger charge is -2.22. The van der Waals surface area contributed by atoms with Gasteiger partial charge in [-0.05, 0) is 51.4 Å². The van der Waals surface area contributed by atoms with Crippen molar-refractivity contribution in [3.63, 3.8) is 0 Å². The number of rotatable bonds is 61. The lowest BCUT2D eigenvalue weighted by molar-refractivity contribution is -0.143. The summed E-state index contributed by atoms with van der Waals surface area (Å²) in [7, 11) is 0. The van der Waals surface area contributed by atoms with Gasteiger partial charge in [0.1, 0.15) is 0 Å². The van der Waals surface area contributed by atoms with E-state index in [4.69, 9.17) is 4.74 Å². The summed E-state index contributed by atoms with van der Waals surface area (Å²) in [6.07, 6.45) is 73.7. The Hall–Kier alpha value is -1.40. The number of hydrogen-bond acceptors (Lipinski definition) is 5. The molecule has 3 N–H and O–H groups in total. The molecule has 2 atom stereocenters. The van der Waals surface area contributed by atoms with E-state index >= 15 is 0 Å². The van der Waals surface area contributed by atoms with Gasteiger partial charge >= 0.3 is 5.97 Å². The quantitative estimate of drug-likeness (QED) is 0.0320. The van der Waals surface area contributed by atoms with Gasteiger partial charge in [-0.25, -0.2) is 0 Å². The van der Waals surface area contributed by atoms with Crippen molar-refractivity contribution in [2.75, 3.05) is 13.2 Å². The average Bonchev–Trinajstić information content (AvgIpc) is 3.37. The molecule has 0 aromatic heterocycles. The van der Waals surface area contributed by atoms with Crippen molar-refractivity contribution >= 4 is 11.9 Å². The Kier molecular flexibility index (Phi) is 59.9. The number of carbonyl (C=O) groups excluding carboxylic acids is 2. The molecule has 0 fully saturated rings. The van der Waals surface area contributed by atoms with E-state index in [9.17, 15) is 19.8 Å². The summed E-state index contributed by atoms with van der Waals surface area (Å²) in [6.45, 7) is 4.97. The fourth-order valence-electron chi connectivity index (χ4n) is 10.3. The molecular weight excluding hydrogens is 875 g/mol. The maximum absolute atomic E-state index is 12.5. The molecule has 422 valence electrons. The van der Waals surface area contributed by atoms with Gasteiger partial charge < -0.3 is 20.3 Å². The van der Waals surface area contributed by atoms with E-state index in [-0.39, 0.29) is 18.5 Å². The highest BCUT2D eigenvalue weighted by molar-refractivity contribution is 5.76. The number of ether oxygens (including phenoxy) is 1. The minimum absolute atomic E-state index is 0.000913. The summed E-state index contributed by atoms with van der Waals surface area (Å²) < 4.78 is 5.47. The van der Waals surface area contributed by atoms with E-state index in [1.165, 1.54) is 283 Å². The Bertz CT molecular complexity index is 1060. The Morgan fingerprint density at radius 1 is 0.380 bits per heavy atom. The molecular formula is C65H127NO5. The van der Waals surface area contributed by atoms with Crippen LogP contribution in [-0.2, 0) is 14.3 Å². The third-order valence-electron chi connectivity index (χ3n) is 15.3. The van der Waals surface area contributed by atoms with Crippen LogP contribution in [0.4, 0.5) is 0 Å². The fraction of sp³-hybridized carbons (Fsp3) is 0.938. The summed E-state index contributed by atoms with van der Waals surface area (Å²) in [6, 6.07) is -0.551. The van der Waals surface area contributed by atoms with Gasteiger partial charge in [0, 0.05) is 12.8 Å². The molecule has 0 bridgehead atoms. The van der Waals surface area contributed by atoms with Crippen molar-refractivity contribution in [3.8, 4) is 0 Å². The summed E-state index contributed by atoms with van der Waals surface area (Å²) in [5.74, 6) is -0.0415. The van der Waals surface area contributed by atoms with E-state index in [1.54, 1.807) is 0 Å². The minimum Gasteiger partial charge on any atom is -0.466 e. The zero-order valence-electron chi connectivity index (χ0n) is 48.2. The molecule has 0 heterocycles. The highest BCUT2D eigenvalue weighted by Crippen LogP contribution is 2.18. The number of unbranched alkanes of at least 4 members (excludes halogenated alkanes) is 48. The van der Waals surface area contributed by atoms with Crippen LogP contribution >= 0.6 is 0 Å². The summed E-state index contributed by atoms with van der Waals surface area (Å²) in [5, 5.41) is 23.4. The number of aliphatic hydroxyl groups excluding tert-OH is 2. The van der Waals surface area contributed by atoms with Crippen LogP contribution in [0.15, 0.2) is 12.2 Å². The van der Waals surface area contributed by atoms with E-state index in [1.807, 2.05) is 0 Å². The van der Waals surface area contributed by atoms with Crippen LogP contribution in [-0.4, -0.2) is 47.4 Å². The third-order valence-corrected chi connectivity index (χ3v) is 15.3. The number of aliphatic hydroxyl groups is 2. The Labute approximate surface area is 444 Å². The second kappa shape index (κ2) is 61.1. The van der Waals surface area contributed by atoms with Gasteiger partial charge in [-0.2, -0.15) is 0 Å². The molecule has 0 aliphatic rings. The minimum atomic E-state index is -0.673. The fourth-order valence-corrected chi connectivity index (χ4v) is 10.3. The van der Waals surface area contributed by atoms with Gasteiger partial charge in [-0.3, -0.25) is 9.59 Å². The van der Waals surface area contributed by atoms with Crippen LogP contribution in [0.1, 0.15) is 367 Å². The van der Waals surface area contributed by atoms with Crippen molar-refractivity contribution in [2.45, 2.75) is 379 Å². The normalized spacial score (nSPS) is 12.6. The predicted octanol–water partition coefficient (Wildman–Crippen LogP) is 20.4. The van der Waals surface area contributed by atoms with Crippen molar-refractivity contribution in [2.24, 2.45) is 0 Å². The van der Waals surface area contributed by atoms with Crippen LogP contribution in [0.2, 0.25) is 0 Å². The van der Waals surface area contributed by atoms with Crippen molar-refractivity contribution in [1.29, 1.82) is 0 Å². The molecule has 1 amide bonds. The number of esters is 1. The molecule has 0 aliphatic heterocycles. The maximum atomic E-state index is 12.5. The number of hydrogen-bond donors (Lipinski definition) is 3. The predicted molar refractivity (Wildman–Crippen MR) is 310 cm³/mol. The maximum Gasteiger partial charge on any atom is 0.305 e. The summed E-state index contributed by atoms with van der Waals surface area (Å²) >= 11 is 0. The van der Waals surface area contributed by atoms with Crippen LogP contribution in [0.3, 0.4) is 0 Å². The number of allylic oxidation sites excluding steroid dienone is 2.